The first-order valence-corrected chi connectivity index (χ1v) is 5.27. The van der Waals surface area contributed by atoms with E-state index in [1.54, 1.807) is 12.2 Å². The van der Waals surface area contributed by atoms with Gasteiger partial charge in [0, 0.05) is 41.3 Å². The molecule has 0 aliphatic heterocycles. The molecule has 0 heterocycles. The second-order valence-corrected chi connectivity index (χ2v) is 3.73. The molecule has 4 nitrogen and oxygen atoms in total. The minimum absolute atomic E-state index is 0. The molecular weight excluding hydrogens is 263 g/mol. The van der Waals surface area contributed by atoms with Crippen LogP contribution in [0.3, 0.4) is 0 Å². The van der Waals surface area contributed by atoms with E-state index in [0.717, 1.165) is 11.4 Å². The Labute approximate surface area is 113 Å². The molecule has 0 aromatic rings. The van der Waals surface area contributed by atoms with E-state index in [9.17, 15) is 9.59 Å². The number of rotatable bonds is 7. The van der Waals surface area contributed by atoms with Crippen LogP contribution in [0, 0.1) is 0 Å². The predicted octanol–water partition coefficient (Wildman–Crippen LogP) is 1.15. The van der Waals surface area contributed by atoms with Crippen LogP contribution in [0.2, 0.25) is 0 Å². The molecule has 2 N–H and O–H groups in total. The Morgan fingerprint density at radius 1 is 0.824 bits per heavy atom. The minimum atomic E-state index is 0. The molecule has 0 amide bonds. The molecule has 0 atom stereocenters. The summed E-state index contributed by atoms with van der Waals surface area (Å²) < 4.78 is 0. The monoisotopic (exact) mass is 283 g/mol. The normalized spacial score (nSPS) is 11.5. The van der Waals surface area contributed by atoms with Crippen LogP contribution in [-0.2, 0) is 26.4 Å². The van der Waals surface area contributed by atoms with Gasteiger partial charge in [-0.25, -0.2) is 0 Å². The smallest absolute Gasteiger partial charge is 0.154 e. The number of hydrogen-bond acceptors (Lipinski definition) is 4. The van der Waals surface area contributed by atoms with Gasteiger partial charge in [0.2, 0.25) is 0 Å². The summed E-state index contributed by atoms with van der Waals surface area (Å²) in [5, 5.41) is 6.18. The topological polar surface area (TPSA) is 58.2 Å². The zero-order chi connectivity index (χ0) is 12.6. The number of carbonyl (C=O) groups is 2. The van der Waals surface area contributed by atoms with E-state index in [1.807, 2.05) is 13.8 Å². The Hall–Kier alpha value is -1.07. The van der Waals surface area contributed by atoms with Crippen molar-refractivity contribution in [3.63, 3.8) is 0 Å². The summed E-state index contributed by atoms with van der Waals surface area (Å²) >= 11 is 0. The van der Waals surface area contributed by atoms with E-state index < -0.39 is 0 Å². The van der Waals surface area contributed by atoms with Crippen LogP contribution in [-0.4, -0.2) is 24.7 Å². The molecule has 0 saturated carbocycles. The average Bonchev–Trinajstić information content (AvgIpc) is 2.10. The van der Waals surface area contributed by atoms with Crippen LogP contribution in [0.15, 0.2) is 23.5 Å². The van der Waals surface area contributed by atoms with Crippen molar-refractivity contribution in [2.75, 3.05) is 13.1 Å². The predicted molar refractivity (Wildman–Crippen MR) is 64.9 cm³/mol. The second kappa shape index (κ2) is 10.1. The number of ketones is 2. The standard InChI is InChI=1S/C12H20N2O2.Co/c1-9(7-11(3)15)13-5-6-14-10(2)8-12(4)16;/h7-8,13-14H,5-6H2,1-4H3;/b9-7-,10-8-;. The Morgan fingerprint density at radius 2 is 1.12 bits per heavy atom. The van der Waals surface area contributed by atoms with Crippen LogP contribution < -0.4 is 10.6 Å². The van der Waals surface area contributed by atoms with Crippen LogP contribution >= 0.6 is 0 Å². The molecular formula is C12H20CoN2O2. The summed E-state index contributed by atoms with van der Waals surface area (Å²) in [4.78, 5) is 21.5. The van der Waals surface area contributed by atoms with E-state index in [1.165, 1.54) is 13.8 Å². The van der Waals surface area contributed by atoms with Crippen LogP contribution in [0.25, 0.3) is 0 Å². The van der Waals surface area contributed by atoms with Gasteiger partial charge in [-0.2, -0.15) is 0 Å². The van der Waals surface area contributed by atoms with Gasteiger partial charge in [0.15, 0.2) is 11.6 Å². The maximum absolute atomic E-state index is 10.7. The van der Waals surface area contributed by atoms with Gasteiger partial charge in [-0.3, -0.25) is 9.59 Å². The number of nitrogens with one attached hydrogen (secondary N) is 2. The van der Waals surface area contributed by atoms with Crippen molar-refractivity contribution in [2.45, 2.75) is 27.7 Å². The van der Waals surface area contributed by atoms with E-state index in [0.29, 0.717) is 13.1 Å². The molecule has 0 bridgehead atoms. The van der Waals surface area contributed by atoms with Crippen molar-refractivity contribution in [3.8, 4) is 0 Å². The fourth-order valence-electron chi connectivity index (χ4n) is 1.23. The zero-order valence-corrected chi connectivity index (χ0v) is 11.8. The molecule has 17 heavy (non-hydrogen) atoms. The first-order valence-electron chi connectivity index (χ1n) is 5.27. The third-order valence-electron chi connectivity index (χ3n) is 1.77. The summed E-state index contributed by atoms with van der Waals surface area (Å²) in [6, 6.07) is 0. The summed E-state index contributed by atoms with van der Waals surface area (Å²) in [5.41, 5.74) is 1.70. The van der Waals surface area contributed by atoms with Gasteiger partial charge in [-0.05, 0) is 39.8 Å². The fraction of sp³-hybridized carbons (Fsp3) is 0.500. The number of allylic oxidation sites excluding steroid dienone is 4. The zero-order valence-electron chi connectivity index (χ0n) is 10.7. The van der Waals surface area contributed by atoms with Crippen molar-refractivity contribution in [1.29, 1.82) is 0 Å². The Kier molecular flexibility index (Phi) is 10.9. The van der Waals surface area contributed by atoms with Crippen LogP contribution in [0.1, 0.15) is 27.7 Å². The fourth-order valence-corrected chi connectivity index (χ4v) is 1.23. The molecule has 0 rings (SSSR count). The quantitative estimate of drug-likeness (QED) is 0.543. The molecule has 99 valence electrons. The molecule has 0 saturated heterocycles. The number of carbonyl (C=O) groups excluding carboxylic acids is 2. The summed E-state index contributed by atoms with van der Waals surface area (Å²) in [6.45, 7) is 8.14. The maximum Gasteiger partial charge on any atom is 0.154 e. The molecule has 0 unspecified atom stereocenters. The Balaban J connectivity index is 0. The van der Waals surface area contributed by atoms with Crippen molar-refractivity contribution in [1.82, 2.24) is 10.6 Å². The van der Waals surface area contributed by atoms with Crippen molar-refractivity contribution in [2.24, 2.45) is 0 Å². The molecule has 0 spiro atoms. The Bertz CT molecular complexity index is 290. The van der Waals surface area contributed by atoms with Crippen molar-refractivity contribution in [3.05, 3.63) is 23.5 Å². The maximum atomic E-state index is 10.7. The summed E-state index contributed by atoms with van der Waals surface area (Å²) in [5.74, 6) is 0.0660. The van der Waals surface area contributed by atoms with Gasteiger partial charge >= 0.3 is 0 Å². The molecule has 0 aromatic heterocycles. The van der Waals surface area contributed by atoms with Gasteiger partial charge in [-0.1, -0.05) is 0 Å². The van der Waals surface area contributed by atoms with Crippen molar-refractivity contribution < 1.29 is 26.4 Å². The van der Waals surface area contributed by atoms with E-state index in [4.69, 9.17) is 0 Å². The van der Waals surface area contributed by atoms with Gasteiger partial charge in [0.1, 0.15) is 0 Å². The average molecular weight is 283 g/mol. The van der Waals surface area contributed by atoms with E-state index in [-0.39, 0.29) is 28.3 Å². The SMILES string of the molecule is CC(=O)/C=C(/C)NCCN/C(C)=C\C(C)=O.[Co]. The summed E-state index contributed by atoms with van der Waals surface area (Å²) in [7, 11) is 0. The van der Waals surface area contributed by atoms with E-state index in [2.05, 4.69) is 10.6 Å². The van der Waals surface area contributed by atoms with Gasteiger partial charge in [0.05, 0.1) is 0 Å². The first kappa shape index (κ1) is 18.3. The molecule has 1 radical (unpaired) electrons. The molecule has 0 aliphatic carbocycles. The minimum Gasteiger partial charge on any atom is -0.387 e. The van der Waals surface area contributed by atoms with Crippen LogP contribution in [0.5, 0.6) is 0 Å². The summed E-state index contributed by atoms with van der Waals surface area (Å²) in [6.07, 6.45) is 3.11. The molecule has 0 fully saturated rings. The van der Waals surface area contributed by atoms with E-state index >= 15 is 0 Å². The largest absolute Gasteiger partial charge is 0.387 e. The molecule has 0 aliphatic rings. The molecule has 0 aromatic carbocycles. The Morgan fingerprint density at radius 3 is 1.35 bits per heavy atom. The van der Waals surface area contributed by atoms with Gasteiger partial charge in [-0.15, -0.1) is 0 Å². The van der Waals surface area contributed by atoms with Crippen molar-refractivity contribution >= 4 is 11.6 Å². The van der Waals surface area contributed by atoms with Gasteiger partial charge in [0.25, 0.3) is 0 Å². The third-order valence-corrected chi connectivity index (χ3v) is 1.77. The first-order chi connectivity index (χ1) is 7.41. The molecule has 5 heteroatoms. The third kappa shape index (κ3) is 12.9. The van der Waals surface area contributed by atoms with Crippen LogP contribution in [0.4, 0.5) is 0 Å². The van der Waals surface area contributed by atoms with Gasteiger partial charge < -0.3 is 10.6 Å². The second-order valence-electron chi connectivity index (χ2n) is 3.73. The number of hydrogen-bond donors (Lipinski definition) is 2.